The molecule has 2 rings (SSSR count). The number of halogens is 1. The van der Waals surface area contributed by atoms with E-state index in [9.17, 15) is 8.42 Å². The molecule has 1 atom stereocenters. The molecule has 0 radical (unpaired) electrons. The maximum atomic E-state index is 12.3. The zero-order chi connectivity index (χ0) is 14.6. The molecule has 2 N–H and O–H groups in total. The number of nitrogens with two attached hydrogens (primary N) is 1. The third-order valence-corrected chi connectivity index (χ3v) is 6.60. The van der Waals surface area contributed by atoms with Crippen LogP contribution in [0.2, 0.25) is 4.34 Å². The summed E-state index contributed by atoms with van der Waals surface area (Å²) in [5, 5.41) is 0. The molecule has 106 valence electrons. The molecule has 8 heteroatoms. The number of thiophene rings is 1. The third kappa shape index (κ3) is 2.40. The summed E-state index contributed by atoms with van der Waals surface area (Å²) < 4.78 is 25.9. The number of hydrogen-bond donors (Lipinski definition) is 1. The largest absolute Gasteiger partial charge is 0.290 e. The zero-order valence-electron chi connectivity index (χ0n) is 11.1. The van der Waals surface area contributed by atoms with Gasteiger partial charge in [0.15, 0.2) is 4.21 Å². The summed E-state index contributed by atoms with van der Waals surface area (Å²) >= 11 is 6.84. The molecule has 1 aliphatic rings. The third-order valence-electron chi connectivity index (χ3n) is 3.29. The molecular formula is C11H16ClN3O2S2. The molecule has 0 saturated heterocycles. The van der Waals surface area contributed by atoms with Crippen molar-refractivity contribution >= 4 is 44.5 Å². The van der Waals surface area contributed by atoms with Crippen molar-refractivity contribution in [1.29, 1.82) is 0 Å². The topological polar surface area (TPSA) is 75.8 Å². The van der Waals surface area contributed by atoms with E-state index in [1.807, 2.05) is 27.7 Å². The number of hydrazine groups is 1. The van der Waals surface area contributed by atoms with Gasteiger partial charge in [-0.2, -0.15) is 12.8 Å². The molecule has 0 bridgehead atoms. The van der Waals surface area contributed by atoms with E-state index in [4.69, 9.17) is 17.4 Å². The van der Waals surface area contributed by atoms with Crippen LogP contribution in [-0.4, -0.2) is 18.7 Å². The lowest BCUT2D eigenvalue weighted by molar-refractivity contribution is 0.317. The van der Waals surface area contributed by atoms with Crippen LogP contribution < -0.4 is 5.84 Å². The minimum absolute atomic E-state index is 0.102. The maximum Gasteiger partial charge on any atom is 0.290 e. The van der Waals surface area contributed by atoms with Gasteiger partial charge in [0.25, 0.3) is 10.0 Å². The highest BCUT2D eigenvalue weighted by Crippen LogP contribution is 2.42. The molecular weight excluding hydrogens is 306 g/mol. The first-order valence-electron chi connectivity index (χ1n) is 5.73. The summed E-state index contributed by atoms with van der Waals surface area (Å²) in [6.07, 6.45) is 0. The van der Waals surface area contributed by atoms with Crippen LogP contribution in [0.25, 0.3) is 0 Å². The first-order valence-corrected chi connectivity index (χ1v) is 8.36. The van der Waals surface area contributed by atoms with Crippen LogP contribution in [-0.2, 0) is 10.0 Å². The van der Waals surface area contributed by atoms with Gasteiger partial charge in [-0.25, -0.2) is 10.8 Å². The minimum atomic E-state index is -3.74. The number of nitrogens with zero attached hydrogens (tertiary/aromatic N) is 2. The highest BCUT2D eigenvalue weighted by atomic mass is 35.5. The molecule has 1 aliphatic heterocycles. The minimum Gasteiger partial charge on any atom is -0.232 e. The van der Waals surface area contributed by atoms with Crippen molar-refractivity contribution in [1.82, 2.24) is 4.41 Å². The molecule has 19 heavy (non-hydrogen) atoms. The predicted molar refractivity (Wildman–Crippen MR) is 78.3 cm³/mol. The molecule has 1 aromatic rings. The van der Waals surface area contributed by atoms with E-state index in [2.05, 4.69) is 4.99 Å². The summed E-state index contributed by atoms with van der Waals surface area (Å²) in [4.78, 5) is 4.37. The van der Waals surface area contributed by atoms with Crippen molar-refractivity contribution in [2.75, 3.05) is 0 Å². The first-order chi connectivity index (χ1) is 8.55. The Bertz CT molecular complexity index is 643. The van der Waals surface area contributed by atoms with Crippen LogP contribution in [0.1, 0.15) is 27.7 Å². The lowest BCUT2D eigenvalue weighted by atomic mass is 9.81. The Kier molecular flexibility index (Phi) is 3.45. The maximum absolute atomic E-state index is 12.3. The van der Waals surface area contributed by atoms with Crippen LogP contribution in [0.4, 0.5) is 5.69 Å². The molecule has 0 amide bonds. The average molecular weight is 322 g/mol. The second kappa shape index (κ2) is 4.44. The second-order valence-electron chi connectivity index (χ2n) is 5.58. The normalized spacial score (nSPS) is 19.9. The summed E-state index contributed by atoms with van der Waals surface area (Å²) in [7, 11) is -3.74. The SMILES string of the molecule is CC(C1=Nc2cc(Cl)sc2S(=O)(=O)N1N)C(C)(C)C. The number of hydrogen-bond acceptors (Lipinski definition) is 5. The van der Waals surface area contributed by atoms with Crippen LogP contribution in [0.15, 0.2) is 15.3 Å². The van der Waals surface area contributed by atoms with Gasteiger partial charge in [-0.1, -0.05) is 39.3 Å². The van der Waals surface area contributed by atoms with E-state index in [1.165, 1.54) is 0 Å². The first kappa shape index (κ1) is 14.8. The number of amidine groups is 1. The standard InChI is InChI=1S/C11H16ClN3O2S2/c1-6(11(2,3)4)9-14-7-5-8(12)18-10(7)19(16,17)15(9)13/h5-6H,13H2,1-4H3. The van der Waals surface area contributed by atoms with E-state index < -0.39 is 10.0 Å². The molecule has 0 aliphatic carbocycles. The Hall–Kier alpha value is -0.630. The molecule has 2 heterocycles. The second-order valence-corrected chi connectivity index (χ2v) is 9.28. The molecule has 0 fully saturated rings. The molecule has 0 saturated carbocycles. The lowest BCUT2D eigenvalue weighted by Crippen LogP contribution is -2.48. The number of sulfonamides is 1. The molecule has 0 aromatic carbocycles. The Labute approximate surface area is 122 Å². The fourth-order valence-electron chi connectivity index (χ4n) is 1.66. The number of rotatable bonds is 1. The Morgan fingerprint density at radius 1 is 1.47 bits per heavy atom. The number of aliphatic imine (C=N–C) groups is 1. The fraction of sp³-hybridized carbons (Fsp3) is 0.545. The highest BCUT2D eigenvalue weighted by molar-refractivity contribution is 7.92. The lowest BCUT2D eigenvalue weighted by Gasteiger charge is -2.34. The molecule has 1 unspecified atom stereocenters. The van der Waals surface area contributed by atoms with Gasteiger partial charge < -0.3 is 0 Å². The average Bonchev–Trinajstić information content (AvgIpc) is 2.63. The van der Waals surface area contributed by atoms with Crippen LogP contribution in [0, 0.1) is 11.3 Å². The van der Waals surface area contributed by atoms with Crippen molar-refractivity contribution in [3.8, 4) is 0 Å². The van der Waals surface area contributed by atoms with Crippen molar-refractivity contribution < 1.29 is 8.42 Å². The van der Waals surface area contributed by atoms with Crippen LogP contribution >= 0.6 is 22.9 Å². The van der Waals surface area contributed by atoms with Crippen LogP contribution in [0.5, 0.6) is 0 Å². The van der Waals surface area contributed by atoms with Gasteiger partial charge in [-0.05, 0) is 11.5 Å². The Morgan fingerprint density at radius 3 is 2.58 bits per heavy atom. The zero-order valence-corrected chi connectivity index (χ0v) is 13.5. The molecule has 1 aromatic heterocycles. The Balaban J connectivity index is 2.62. The summed E-state index contributed by atoms with van der Waals surface area (Å²) in [6.45, 7) is 7.94. The summed E-state index contributed by atoms with van der Waals surface area (Å²) in [5.41, 5.74) is 0.228. The smallest absolute Gasteiger partial charge is 0.232 e. The number of fused-ring (bicyclic) bond motifs is 1. The van der Waals surface area contributed by atoms with E-state index in [0.717, 1.165) is 15.8 Å². The molecule has 5 nitrogen and oxygen atoms in total. The van der Waals surface area contributed by atoms with Gasteiger partial charge in [0.1, 0.15) is 5.84 Å². The van der Waals surface area contributed by atoms with E-state index >= 15 is 0 Å². The summed E-state index contributed by atoms with van der Waals surface area (Å²) in [5.74, 6) is 5.99. The van der Waals surface area contributed by atoms with E-state index in [-0.39, 0.29) is 15.5 Å². The summed E-state index contributed by atoms with van der Waals surface area (Å²) in [6, 6.07) is 1.56. The van der Waals surface area contributed by atoms with Crippen molar-refractivity contribution in [2.45, 2.75) is 31.9 Å². The van der Waals surface area contributed by atoms with Crippen molar-refractivity contribution in [3.05, 3.63) is 10.4 Å². The van der Waals surface area contributed by atoms with Crippen molar-refractivity contribution in [2.24, 2.45) is 22.2 Å². The van der Waals surface area contributed by atoms with Gasteiger partial charge >= 0.3 is 0 Å². The van der Waals surface area contributed by atoms with Gasteiger partial charge in [-0.15, -0.1) is 11.3 Å². The Morgan fingerprint density at radius 2 is 2.05 bits per heavy atom. The van der Waals surface area contributed by atoms with Gasteiger partial charge in [0, 0.05) is 5.92 Å². The van der Waals surface area contributed by atoms with Crippen LogP contribution in [0.3, 0.4) is 0 Å². The van der Waals surface area contributed by atoms with Gasteiger partial charge in [0.05, 0.1) is 10.0 Å². The van der Waals surface area contributed by atoms with Gasteiger partial charge in [0.2, 0.25) is 0 Å². The van der Waals surface area contributed by atoms with E-state index in [1.54, 1.807) is 6.07 Å². The fourth-order valence-corrected chi connectivity index (χ4v) is 4.61. The monoisotopic (exact) mass is 321 g/mol. The molecule has 0 spiro atoms. The van der Waals surface area contributed by atoms with E-state index in [0.29, 0.717) is 15.9 Å². The van der Waals surface area contributed by atoms with Gasteiger partial charge in [-0.3, -0.25) is 0 Å². The quantitative estimate of drug-likeness (QED) is 0.808. The predicted octanol–water partition coefficient (Wildman–Crippen LogP) is 2.99. The highest BCUT2D eigenvalue weighted by Gasteiger charge is 2.39. The van der Waals surface area contributed by atoms with Crippen molar-refractivity contribution in [3.63, 3.8) is 0 Å².